The minimum Gasteiger partial charge on any atom is -0.458 e. The van der Waals surface area contributed by atoms with Crippen LogP contribution in [0.4, 0.5) is 0 Å². The predicted molar refractivity (Wildman–Crippen MR) is 215 cm³/mol. The Labute approximate surface area is 340 Å². The zero-order valence-corrected chi connectivity index (χ0v) is 36.0. The maximum Gasteiger partial charge on any atom is 0.330 e. The Balaban J connectivity index is 2.02. The summed E-state index contributed by atoms with van der Waals surface area (Å²) in [6.45, 7) is 18.3. The summed E-state index contributed by atoms with van der Waals surface area (Å²) in [5.74, 6) is -9.55. The van der Waals surface area contributed by atoms with Crippen LogP contribution in [-0.2, 0) is 33.4 Å². The number of fused-ring (bicyclic) bond motifs is 2. The number of hydrogen-bond acceptors (Lipinski definition) is 12. The van der Waals surface area contributed by atoms with Crippen molar-refractivity contribution in [3.63, 3.8) is 0 Å². The maximum absolute atomic E-state index is 14.0. The van der Waals surface area contributed by atoms with Crippen molar-refractivity contribution in [3.8, 4) is 0 Å². The summed E-state index contributed by atoms with van der Waals surface area (Å²) in [7, 11) is 0. The lowest BCUT2D eigenvalue weighted by Gasteiger charge is -2.54. The molecule has 0 radical (unpaired) electrons. The van der Waals surface area contributed by atoms with Crippen LogP contribution in [0.15, 0.2) is 36.5 Å². The first-order chi connectivity index (χ1) is 26.5. The van der Waals surface area contributed by atoms with Crippen LogP contribution in [0.2, 0.25) is 0 Å². The van der Waals surface area contributed by atoms with Gasteiger partial charge in [-0.2, -0.15) is 0 Å². The summed E-state index contributed by atoms with van der Waals surface area (Å²) < 4.78 is 19.4. The van der Waals surface area contributed by atoms with E-state index in [0.717, 1.165) is 6.42 Å². The van der Waals surface area contributed by atoms with Crippen molar-refractivity contribution < 1.29 is 58.9 Å². The average Bonchev–Trinajstić information content (AvgIpc) is 3.16. The quantitative estimate of drug-likeness (QED) is 0.238. The number of Topliss-reactive ketones (excluding diaryl/α,β-unsaturated/α-hetero) is 3. The standard InChI is InChI=1S/C45H72O12/c1-12-33-17-15-13-14-16-25(3)42(52)44(11,54)43(53)31(9)40(51)30(8)39(50)29(7)38(49)24(2)18-21-37(48)55-41-28(6)34(20-19-33)56-45(32(41)10)36(47)22-26(4)35(57-45)23-27(5)46/h13-15,17-18,21,24-35,38,40-42,46,49,51-52,54H,12,16,19-20,22-23H2,1-11H3/b14-13+,17-15+,21-18+/t24-,25+,26-,27+,28+,29-,30-,31-,32-,33-,34-,35-,38+,40?,41+,42?,44+,45+/m1/s1. The topological polar surface area (TPSA) is 197 Å². The van der Waals surface area contributed by atoms with Gasteiger partial charge in [0.05, 0.1) is 42.5 Å². The molecule has 2 saturated heterocycles. The van der Waals surface area contributed by atoms with E-state index in [1.807, 2.05) is 32.1 Å². The Morgan fingerprint density at radius 1 is 0.842 bits per heavy atom. The van der Waals surface area contributed by atoms with Crippen molar-refractivity contribution in [2.75, 3.05) is 0 Å². The number of esters is 1. The maximum atomic E-state index is 14.0. The third-order valence-electron chi connectivity index (χ3n) is 13.2. The molecule has 12 heteroatoms. The molecule has 0 saturated carbocycles. The van der Waals surface area contributed by atoms with Gasteiger partial charge in [0.15, 0.2) is 11.6 Å². The van der Waals surface area contributed by atoms with Crippen molar-refractivity contribution in [2.45, 2.75) is 169 Å². The molecule has 3 rings (SSSR count). The Hall–Kier alpha value is -2.58. The number of hydrogen-bond donors (Lipinski definition) is 5. The number of ketones is 3. The molecular formula is C45H72O12. The summed E-state index contributed by atoms with van der Waals surface area (Å²) in [4.78, 5) is 54.5. The van der Waals surface area contributed by atoms with E-state index in [0.29, 0.717) is 25.7 Å². The molecular weight excluding hydrogens is 732 g/mol. The molecule has 2 unspecified atom stereocenters. The highest BCUT2D eigenvalue weighted by atomic mass is 16.7. The van der Waals surface area contributed by atoms with Crippen molar-refractivity contribution >= 4 is 23.3 Å². The van der Waals surface area contributed by atoms with Crippen LogP contribution in [0.1, 0.15) is 115 Å². The van der Waals surface area contributed by atoms with Gasteiger partial charge in [-0.15, -0.1) is 0 Å². The van der Waals surface area contributed by atoms with Crippen LogP contribution in [-0.4, -0.2) is 103 Å². The molecule has 3 heterocycles. The van der Waals surface area contributed by atoms with Gasteiger partial charge in [-0.05, 0) is 63.7 Å². The summed E-state index contributed by atoms with van der Waals surface area (Å²) in [5, 5.41) is 55.0. The first-order valence-corrected chi connectivity index (χ1v) is 21.1. The monoisotopic (exact) mass is 805 g/mol. The molecule has 2 fully saturated rings. The molecule has 18 atom stereocenters. The fourth-order valence-corrected chi connectivity index (χ4v) is 8.91. The molecule has 5 N–H and O–H groups in total. The number of ether oxygens (including phenoxy) is 3. The zero-order valence-electron chi connectivity index (χ0n) is 36.0. The van der Waals surface area contributed by atoms with E-state index in [1.165, 1.54) is 39.8 Å². The van der Waals surface area contributed by atoms with Crippen molar-refractivity contribution in [1.82, 2.24) is 0 Å². The van der Waals surface area contributed by atoms with Gasteiger partial charge >= 0.3 is 5.97 Å². The smallest absolute Gasteiger partial charge is 0.330 e. The number of carbonyl (C=O) groups is 4. The fraction of sp³-hybridized carbons (Fsp3) is 0.778. The van der Waals surface area contributed by atoms with E-state index in [-0.39, 0.29) is 30.0 Å². The highest BCUT2D eigenvalue weighted by Crippen LogP contribution is 2.47. The van der Waals surface area contributed by atoms with Gasteiger partial charge in [0.25, 0.3) is 0 Å². The van der Waals surface area contributed by atoms with E-state index in [4.69, 9.17) is 14.2 Å². The molecule has 2 bridgehead atoms. The minimum absolute atomic E-state index is 0.132. The molecule has 12 nitrogen and oxygen atoms in total. The second-order valence-corrected chi connectivity index (χ2v) is 17.9. The van der Waals surface area contributed by atoms with Crippen molar-refractivity contribution in [3.05, 3.63) is 36.5 Å². The Bertz CT molecular complexity index is 1470. The molecule has 3 aliphatic heterocycles. The zero-order chi connectivity index (χ0) is 43.2. The van der Waals surface area contributed by atoms with Crippen LogP contribution < -0.4 is 0 Å². The summed E-state index contributed by atoms with van der Waals surface area (Å²) in [6, 6.07) is 0. The average molecular weight is 805 g/mol. The van der Waals surface area contributed by atoms with Crippen LogP contribution in [0, 0.1) is 53.3 Å². The number of aliphatic hydroxyl groups is 5. The summed E-state index contributed by atoms with van der Waals surface area (Å²) in [6.07, 6.45) is 6.53. The lowest BCUT2D eigenvalue weighted by molar-refractivity contribution is -0.344. The van der Waals surface area contributed by atoms with Crippen molar-refractivity contribution in [1.29, 1.82) is 0 Å². The molecule has 0 aromatic carbocycles. The van der Waals surface area contributed by atoms with Crippen LogP contribution in [0.3, 0.4) is 0 Å². The lowest BCUT2D eigenvalue weighted by atomic mass is 9.74. The predicted octanol–water partition coefficient (Wildman–Crippen LogP) is 5.06. The van der Waals surface area contributed by atoms with E-state index >= 15 is 0 Å². The van der Waals surface area contributed by atoms with Gasteiger partial charge in [0.2, 0.25) is 5.79 Å². The molecule has 57 heavy (non-hydrogen) atoms. The van der Waals surface area contributed by atoms with Gasteiger partial charge in [-0.1, -0.05) is 92.7 Å². The van der Waals surface area contributed by atoms with E-state index < -0.39 is 107 Å². The fourth-order valence-electron chi connectivity index (χ4n) is 8.91. The van der Waals surface area contributed by atoms with E-state index in [2.05, 4.69) is 13.0 Å². The third-order valence-corrected chi connectivity index (χ3v) is 13.2. The molecule has 0 aliphatic carbocycles. The molecule has 3 aliphatic rings. The largest absolute Gasteiger partial charge is 0.458 e. The third kappa shape index (κ3) is 11.4. The highest BCUT2D eigenvalue weighted by Gasteiger charge is 2.61. The van der Waals surface area contributed by atoms with Gasteiger partial charge in [-0.25, -0.2) is 4.79 Å². The SMILES string of the molecule is CC[C@@H]1/C=C/C=C/C[C@H](C)C(O)[C@](C)(O)C(=O)[C@H](C)C(O)[C@H](C)C(=O)[C@H](C)[C@@H](O)[C@H](C)/C=C/C(=O)O[C@H]2[C@@H](C)[C@@H](CC1)O[C@]1(O[C@H](C[C@H](C)O)[C@H](C)CC1=O)[C@@H]2C. The van der Waals surface area contributed by atoms with Crippen LogP contribution in [0.5, 0.6) is 0 Å². The van der Waals surface area contributed by atoms with Gasteiger partial charge in [0.1, 0.15) is 17.5 Å². The van der Waals surface area contributed by atoms with Crippen LogP contribution >= 0.6 is 0 Å². The van der Waals surface area contributed by atoms with Gasteiger partial charge in [0, 0.05) is 42.1 Å². The molecule has 324 valence electrons. The Morgan fingerprint density at radius 3 is 2.09 bits per heavy atom. The molecule has 0 aromatic heterocycles. The van der Waals surface area contributed by atoms with Crippen LogP contribution in [0.25, 0.3) is 0 Å². The number of allylic oxidation sites excluding steroid dienone is 4. The molecule has 0 amide bonds. The highest BCUT2D eigenvalue weighted by molar-refractivity contribution is 5.91. The number of carbonyl (C=O) groups excluding carboxylic acids is 4. The summed E-state index contributed by atoms with van der Waals surface area (Å²) >= 11 is 0. The lowest BCUT2D eigenvalue weighted by Crippen LogP contribution is -2.66. The van der Waals surface area contributed by atoms with E-state index in [1.54, 1.807) is 27.7 Å². The first kappa shape index (κ1) is 48.8. The van der Waals surface area contributed by atoms with Gasteiger partial charge in [-0.3, -0.25) is 14.4 Å². The Morgan fingerprint density at radius 2 is 1.47 bits per heavy atom. The Kier molecular flexibility index (Phi) is 17.6. The van der Waals surface area contributed by atoms with E-state index in [9.17, 15) is 44.7 Å². The number of rotatable bonds is 3. The minimum atomic E-state index is -2.21. The van der Waals surface area contributed by atoms with Gasteiger partial charge < -0.3 is 39.7 Å². The van der Waals surface area contributed by atoms with Crippen molar-refractivity contribution in [2.24, 2.45) is 53.3 Å². The molecule has 1 spiro atoms. The number of aliphatic hydroxyl groups excluding tert-OH is 4. The molecule has 0 aromatic rings. The second kappa shape index (κ2) is 20.6. The first-order valence-electron chi connectivity index (χ1n) is 21.1. The second-order valence-electron chi connectivity index (χ2n) is 17.9. The summed E-state index contributed by atoms with van der Waals surface area (Å²) in [5.41, 5.74) is -2.21. The normalized spacial score (nSPS) is 46.2.